The highest BCUT2D eigenvalue weighted by atomic mass is 35.5. The van der Waals surface area contributed by atoms with Gasteiger partial charge in [-0.3, -0.25) is 4.79 Å². The van der Waals surface area contributed by atoms with Crippen LogP contribution in [0.5, 0.6) is 0 Å². The first-order chi connectivity index (χ1) is 17.1. The second kappa shape index (κ2) is 9.38. The van der Waals surface area contributed by atoms with Crippen molar-refractivity contribution < 1.29 is 13.2 Å². The monoisotopic (exact) mass is 544 g/mol. The predicted octanol–water partition coefficient (Wildman–Crippen LogP) is 3.80. The molecule has 0 unspecified atom stereocenters. The maximum atomic E-state index is 12.8. The molecule has 1 aromatic carbocycles. The van der Waals surface area contributed by atoms with Crippen LogP contribution >= 0.6 is 22.9 Å². The number of rotatable bonds is 5. The summed E-state index contributed by atoms with van der Waals surface area (Å²) in [5.41, 5.74) is 8.86. The number of hydrogen-bond acceptors (Lipinski definition) is 8. The zero-order valence-electron chi connectivity index (χ0n) is 19.7. The maximum absolute atomic E-state index is 12.8. The second-order valence-corrected chi connectivity index (χ2v) is 12.6. The summed E-state index contributed by atoms with van der Waals surface area (Å²) in [7, 11) is -3.34. The summed E-state index contributed by atoms with van der Waals surface area (Å²) in [6, 6.07) is 10.2. The van der Waals surface area contributed by atoms with Crippen molar-refractivity contribution in [2.75, 3.05) is 30.0 Å². The van der Waals surface area contributed by atoms with Gasteiger partial charge < -0.3 is 16.0 Å². The first-order valence-electron chi connectivity index (χ1n) is 11.4. The van der Waals surface area contributed by atoms with Crippen molar-refractivity contribution in [1.29, 1.82) is 0 Å². The Bertz CT molecular complexity index is 1560. The Morgan fingerprint density at radius 3 is 2.64 bits per heavy atom. The molecule has 0 saturated carbocycles. The molecule has 3 aromatic heterocycles. The van der Waals surface area contributed by atoms with Gasteiger partial charge in [0, 0.05) is 35.8 Å². The minimum absolute atomic E-state index is 0.0666. The minimum atomic E-state index is -3.34. The lowest BCUT2D eigenvalue weighted by molar-refractivity contribution is 0.0937. The number of thiophene rings is 1. The molecular weight excluding hydrogens is 520 g/mol. The van der Waals surface area contributed by atoms with Crippen LogP contribution in [0, 0.1) is 6.92 Å². The van der Waals surface area contributed by atoms with Crippen molar-refractivity contribution >= 4 is 55.7 Å². The van der Waals surface area contributed by atoms with E-state index in [0.29, 0.717) is 38.9 Å². The lowest BCUT2D eigenvalue weighted by atomic mass is 10.0. The summed E-state index contributed by atoms with van der Waals surface area (Å²) < 4.78 is 25.5. The van der Waals surface area contributed by atoms with Crippen LogP contribution in [-0.4, -0.2) is 54.3 Å². The highest BCUT2D eigenvalue weighted by molar-refractivity contribution is 7.90. The number of carbonyl (C=O) groups excluding carboxylic acids is 1. The van der Waals surface area contributed by atoms with Crippen molar-refractivity contribution in [3.63, 3.8) is 0 Å². The van der Waals surface area contributed by atoms with E-state index in [1.165, 1.54) is 23.9 Å². The number of aromatic nitrogens is 3. The minimum Gasteiger partial charge on any atom is -0.382 e. The Hall–Kier alpha value is -3.15. The quantitative estimate of drug-likeness (QED) is 0.391. The molecular formula is C24H25ClN6O3S2. The topological polar surface area (TPSA) is 123 Å². The van der Waals surface area contributed by atoms with E-state index in [0.717, 1.165) is 24.3 Å². The number of nitrogens with zero attached hydrogens (tertiary/aromatic N) is 4. The molecule has 1 aliphatic rings. The molecule has 188 valence electrons. The second-order valence-electron chi connectivity index (χ2n) is 8.88. The molecule has 1 atom stereocenters. The number of sulfone groups is 1. The van der Waals surface area contributed by atoms with Crippen molar-refractivity contribution in [2.24, 2.45) is 0 Å². The van der Waals surface area contributed by atoms with Crippen LogP contribution in [-0.2, 0) is 9.84 Å². The molecule has 1 aliphatic heterocycles. The molecule has 1 amide bonds. The fourth-order valence-electron chi connectivity index (χ4n) is 4.58. The van der Waals surface area contributed by atoms with Gasteiger partial charge in [-0.2, -0.15) is 5.10 Å². The summed E-state index contributed by atoms with van der Waals surface area (Å²) in [5.74, 6) is 0.198. The van der Waals surface area contributed by atoms with Gasteiger partial charge in [-0.15, -0.1) is 11.3 Å². The number of benzene rings is 1. The lowest BCUT2D eigenvalue weighted by Gasteiger charge is -2.34. The van der Waals surface area contributed by atoms with Gasteiger partial charge >= 0.3 is 0 Å². The highest BCUT2D eigenvalue weighted by Gasteiger charge is 2.30. The number of nitrogens with one attached hydrogen (secondary N) is 1. The molecule has 1 fully saturated rings. The van der Waals surface area contributed by atoms with E-state index >= 15 is 0 Å². The molecule has 36 heavy (non-hydrogen) atoms. The molecule has 0 radical (unpaired) electrons. The average molecular weight is 545 g/mol. The van der Waals surface area contributed by atoms with E-state index < -0.39 is 9.84 Å². The van der Waals surface area contributed by atoms with Gasteiger partial charge in [-0.25, -0.2) is 17.9 Å². The zero-order chi connectivity index (χ0) is 25.6. The summed E-state index contributed by atoms with van der Waals surface area (Å²) in [4.78, 5) is 21.0. The van der Waals surface area contributed by atoms with E-state index in [4.69, 9.17) is 17.3 Å². The Kier molecular flexibility index (Phi) is 6.39. The molecule has 4 aromatic rings. The third-order valence-corrected chi connectivity index (χ3v) is 8.75. The van der Waals surface area contributed by atoms with Crippen LogP contribution in [0.1, 0.15) is 27.4 Å². The van der Waals surface area contributed by atoms with Crippen LogP contribution in [0.3, 0.4) is 0 Å². The van der Waals surface area contributed by atoms with Crippen molar-refractivity contribution in [3.05, 3.63) is 57.5 Å². The fourth-order valence-corrected chi connectivity index (χ4v) is 6.38. The number of piperidine rings is 1. The molecule has 9 nitrogen and oxygen atoms in total. The van der Waals surface area contributed by atoms with E-state index in [2.05, 4.69) is 20.3 Å². The molecule has 0 aliphatic carbocycles. The van der Waals surface area contributed by atoms with E-state index in [1.807, 2.05) is 19.1 Å². The van der Waals surface area contributed by atoms with Crippen LogP contribution in [0.25, 0.3) is 16.8 Å². The Labute approximate surface area is 217 Å². The highest BCUT2D eigenvalue weighted by Crippen LogP contribution is 2.43. The third kappa shape index (κ3) is 4.54. The van der Waals surface area contributed by atoms with E-state index in [9.17, 15) is 13.2 Å². The van der Waals surface area contributed by atoms with Gasteiger partial charge in [0.05, 0.1) is 26.2 Å². The number of nitrogen functional groups attached to an aromatic ring is 1. The summed E-state index contributed by atoms with van der Waals surface area (Å²) in [5, 5.41) is 7.99. The van der Waals surface area contributed by atoms with E-state index in [-0.39, 0.29) is 22.7 Å². The Morgan fingerprint density at radius 2 is 1.97 bits per heavy atom. The van der Waals surface area contributed by atoms with Crippen LogP contribution in [0.15, 0.2) is 47.6 Å². The average Bonchev–Trinajstić information content (AvgIpc) is 3.40. The number of fused-ring (bicyclic) bond motifs is 1. The third-order valence-electron chi connectivity index (χ3n) is 6.26. The normalized spacial score (nSPS) is 16.4. The molecule has 4 heterocycles. The largest absolute Gasteiger partial charge is 0.382 e. The van der Waals surface area contributed by atoms with E-state index in [1.54, 1.807) is 28.8 Å². The smallest absolute Gasteiger partial charge is 0.261 e. The van der Waals surface area contributed by atoms with Gasteiger partial charge in [-0.1, -0.05) is 23.7 Å². The number of hydrogen-bond donors (Lipinski definition) is 2. The number of halogens is 1. The Morgan fingerprint density at radius 1 is 1.22 bits per heavy atom. The van der Waals surface area contributed by atoms with Crippen LogP contribution < -0.4 is 16.0 Å². The van der Waals surface area contributed by atoms with Crippen molar-refractivity contribution in [2.45, 2.75) is 30.7 Å². The number of amides is 1. The van der Waals surface area contributed by atoms with Crippen LogP contribution in [0.4, 0.5) is 11.5 Å². The Balaban J connectivity index is 1.51. The lowest BCUT2D eigenvalue weighted by Crippen LogP contribution is -2.47. The van der Waals surface area contributed by atoms with Gasteiger partial charge in [0.1, 0.15) is 11.8 Å². The van der Waals surface area contributed by atoms with Gasteiger partial charge in [-0.05, 0) is 44.0 Å². The van der Waals surface area contributed by atoms with Gasteiger partial charge in [0.2, 0.25) is 0 Å². The molecule has 12 heteroatoms. The number of anilines is 2. The summed E-state index contributed by atoms with van der Waals surface area (Å²) in [6.07, 6.45) is 4.23. The standard InChI is InChI=1S/C24H25ClN6O3S2/c1-14-5-10-18(35-14)24(32)29-16-4-3-11-30(12-16)21-19(25)20(31-22(21)23(26)27-13-28-31)15-6-8-17(9-7-15)36(2,33)34/h5-10,13,16H,3-4,11-12H2,1-2H3,(H,29,32)(H2,26,27,28)/t16-/m1/s1. The number of nitrogens with two attached hydrogens (primary N) is 1. The maximum Gasteiger partial charge on any atom is 0.261 e. The predicted molar refractivity (Wildman–Crippen MR) is 143 cm³/mol. The molecule has 5 rings (SSSR count). The molecule has 3 N–H and O–H groups in total. The zero-order valence-corrected chi connectivity index (χ0v) is 22.1. The molecule has 1 saturated heterocycles. The number of aryl methyl sites for hydroxylation is 1. The molecule has 0 bridgehead atoms. The summed E-state index contributed by atoms with van der Waals surface area (Å²) in [6.45, 7) is 3.25. The molecule has 0 spiro atoms. The van der Waals surface area contributed by atoms with Gasteiger partial charge in [0.25, 0.3) is 5.91 Å². The number of carbonyl (C=O) groups is 1. The fraction of sp³-hybridized carbons (Fsp3) is 0.292. The van der Waals surface area contributed by atoms with Crippen molar-refractivity contribution in [1.82, 2.24) is 19.9 Å². The van der Waals surface area contributed by atoms with Crippen molar-refractivity contribution in [3.8, 4) is 11.3 Å². The van der Waals surface area contributed by atoms with Crippen LogP contribution in [0.2, 0.25) is 5.02 Å². The summed E-state index contributed by atoms with van der Waals surface area (Å²) >= 11 is 8.45. The SMILES string of the molecule is Cc1ccc(C(=O)N[C@@H]2CCCN(c3c(Cl)c(-c4ccc(S(C)(=O)=O)cc4)n4ncnc(N)c34)C2)s1. The first-order valence-corrected chi connectivity index (χ1v) is 14.5. The first kappa shape index (κ1) is 24.5. The van der Waals surface area contributed by atoms with Gasteiger partial charge in [0.15, 0.2) is 15.7 Å².